The van der Waals surface area contributed by atoms with Crippen LogP contribution in [0.1, 0.15) is 37.3 Å². The number of hydrogen-bond donors (Lipinski definition) is 1. The number of aromatic nitrogens is 2. The Labute approximate surface area is 119 Å². The van der Waals surface area contributed by atoms with E-state index in [2.05, 4.69) is 33.2 Å². The number of hydrogen-bond acceptors (Lipinski definition) is 3. The zero-order valence-electron chi connectivity index (χ0n) is 11.9. The molecule has 0 radical (unpaired) electrons. The van der Waals surface area contributed by atoms with Crippen LogP contribution in [0.3, 0.4) is 0 Å². The van der Waals surface area contributed by atoms with E-state index in [1.54, 1.807) is 7.11 Å². The lowest BCUT2D eigenvalue weighted by Gasteiger charge is -2.17. The summed E-state index contributed by atoms with van der Waals surface area (Å²) >= 11 is 0. The summed E-state index contributed by atoms with van der Waals surface area (Å²) in [6.45, 7) is 0.604. The number of methoxy groups -OCH3 is 1. The van der Waals surface area contributed by atoms with Gasteiger partial charge in [-0.15, -0.1) is 0 Å². The minimum absolute atomic E-state index is 0.592. The standard InChI is InChI=1S/C16H21N3O/c1-20-12-13-6-2-5-9-15(13)18-16-17-10-11-19(16)14-7-3-4-8-14/h2,5-6,9-11,14H,3-4,7-8,12H2,1H3,(H,17,18). The quantitative estimate of drug-likeness (QED) is 0.896. The molecule has 4 nitrogen and oxygen atoms in total. The van der Waals surface area contributed by atoms with Crippen LogP contribution in [0.25, 0.3) is 0 Å². The fraction of sp³-hybridized carbons (Fsp3) is 0.438. The molecule has 1 aliphatic rings. The zero-order chi connectivity index (χ0) is 13.8. The zero-order valence-corrected chi connectivity index (χ0v) is 11.9. The minimum atomic E-state index is 0.592. The molecule has 20 heavy (non-hydrogen) atoms. The summed E-state index contributed by atoms with van der Waals surface area (Å²) in [6, 6.07) is 8.80. The van der Waals surface area contributed by atoms with E-state index in [1.807, 2.05) is 18.3 Å². The highest BCUT2D eigenvalue weighted by Gasteiger charge is 2.19. The van der Waals surface area contributed by atoms with Crippen molar-refractivity contribution in [3.8, 4) is 0 Å². The first-order valence-corrected chi connectivity index (χ1v) is 7.25. The topological polar surface area (TPSA) is 39.1 Å². The highest BCUT2D eigenvalue weighted by atomic mass is 16.5. The SMILES string of the molecule is COCc1ccccc1Nc1nccn1C1CCCC1. The van der Waals surface area contributed by atoms with Crippen molar-refractivity contribution in [1.29, 1.82) is 0 Å². The predicted molar refractivity (Wildman–Crippen MR) is 80.2 cm³/mol. The van der Waals surface area contributed by atoms with Crippen LogP contribution in [0.15, 0.2) is 36.7 Å². The average Bonchev–Trinajstić information content (AvgIpc) is 3.11. The van der Waals surface area contributed by atoms with Crippen molar-refractivity contribution < 1.29 is 4.74 Å². The van der Waals surface area contributed by atoms with Gasteiger partial charge in [-0.25, -0.2) is 4.98 Å². The molecule has 1 aliphatic carbocycles. The first kappa shape index (κ1) is 13.2. The molecule has 106 valence electrons. The second kappa shape index (κ2) is 6.09. The molecule has 1 fully saturated rings. The predicted octanol–water partition coefficient (Wildman–Crippen LogP) is 3.89. The number of nitrogens with one attached hydrogen (secondary N) is 1. The van der Waals surface area contributed by atoms with Gasteiger partial charge in [-0.3, -0.25) is 0 Å². The highest BCUT2D eigenvalue weighted by molar-refractivity contribution is 5.58. The second-order valence-electron chi connectivity index (χ2n) is 5.31. The van der Waals surface area contributed by atoms with Crippen LogP contribution in [0, 0.1) is 0 Å². The first-order valence-electron chi connectivity index (χ1n) is 7.25. The molecule has 1 aromatic heterocycles. The van der Waals surface area contributed by atoms with Gasteiger partial charge in [0, 0.05) is 36.8 Å². The maximum absolute atomic E-state index is 5.25. The normalized spacial score (nSPS) is 15.7. The first-order chi connectivity index (χ1) is 9.88. The van der Waals surface area contributed by atoms with Gasteiger partial charge >= 0.3 is 0 Å². The molecular weight excluding hydrogens is 250 g/mol. The number of imidazole rings is 1. The molecule has 1 heterocycles. The van der Waals surface area contributed by atoms with Crippen molar-refractivity contribution in [2.75, 3.05) is 12.4 Å². The third-order valence-electron chi connectivity index (χ3n) is 3.95. The van der Waals surface area contributed by atoms with E-state index >= 15 is 0 Å². The summed E-state index contributed by atoms with van der Waals surface area (Å²) in [7, 11) is 1.72. The molecular formula is C16H21N3O. The third kappa shape index (κ3) is 2.70. The van der Waals surface area contributed by atoms with Gasteiger partial charge in [0.1, 0.15) is 0 Å². The molecule has 0 spiro atoms. The van der Waals surface area contributed by atoms with E-state index in [0.717, 1.165) is 17.2 Å². The summed E-state index contributed by atoms with van der Waals surface area (Å²) in [5, 5.41) is 3.45. The summed E-state index contributed by atoms with van der Waals surface area (Å²) in [4.78, 5) is 4.47. The van der Waals surface area contributed by atoms with Gasteiger partial charge < -0.3 is 14.6 Å². The monoisotopic (exact) mass is 271 g/mol. The maximum atomic E-state index is 5.25. The van der Waals surface area contributed by atoms with Crippen LogP contribution in [0.5, 0.6) is 0 Å². The lowest BCUT2D eigenvalue weighted by Crippen LogP contribution is -2.09. The molecule has 0 saturated heterocycles. The minimum Gasteiger partial charge on any atom is -0.380 e. The Balaban J connectivity index is 1.83. The van der Waals surface area contributed by atoms with E-state index in [1.165, 1.54) is 25.7 Å². The third-order valence-corrected chi connectivity index (χ3v) is 3.95. The van der Waals surface area contributed by atoms with Crippen molar-refractivity contribution in [1.82, 2.24) is 9.55 Å². The molecule has 1 saturated carbocycles. The van der Waals surface area contributed by atoms with Gasteiger partial charge in [0.15, 0.2) is 0 Å². The lowest BCUT2D eigenvalue weighted by atomic mass is 10.2. The second-order valence-corrected chi connectivity index (χ2v) is 5.31. The van der Waals surface area contributed by atoms with Crippen LogP contribution in [-0.4, -0.2) is 16.7 Å². The Morgan fingerprint density at radius 1 is 1.30 bits per heavy atom. The molecule has 3 rings (SSSR count). The van der Waals surface area contributed by atoms with Crippen molar-refractivity contribution in [3.05, 3.63) is 42.2 Å². The Morgan fingerprint density at radius 2 is 2.10 bits per heavy atom. The molecule has 0 unspecified atom stereocenters. The Kier molecular flexibility index (Phi) is 4.02. The molecule has 0 atom stereocenters. The van der Waals surface area contributed by atoms with E-state index < -0.39 is 0 Å². The molecule has 0 amide bonds. The molecule has 4 heteroatoms. The molecule has 2 aromatic rings. The largest absolute Gasteiger partial charge is 0.380 e. The highest BCUT2D eigenvalue weighted by Crippen LogP contribution is 2.32. The maximum Gasteiger partial charge on any atom is 0.207 e. The van der Waals surface area contributed by atoms with Crippen LogP contribution in [0.2, 0.25) is 0 Å². The average molecular weight is 271 g/mol. The fourth-order valence-electron chi connectivity index (χ4n) is 2.93. The van der Waals surface area contributed by atoms with E-state index in [0.29, 0.717) is 12.6 Å². The Bertz CT molecular complexity index is 558. The van der Waals surface area contributed by atoms with Crippen molar-refractivity contribution >= 4 is 11.6 Å². The number of ether oxygens (including phenoxy) is 1. The summed E-state index contributed by atoms with van der Waals surface area (Å²) in [6.07, 6.45) is 9.11. The van der Waals surface area contributed by atoms with Gasteiger partial charge in [-0.05, 0) is 18.9 Å². The van der Waals surface area contributed by atoms with Crippen molar-refractivity contribution in [3.63, 3.8) is 0 Å². The number of anilines is 2. The number of nitrogens with zero attached hydrogens (tertiary/aromatic N) is 2. The molecule has 1 aromatic carbocycles. The van der Waals surface area contributed by atoms with Gasteiger partial charge in [0.05, 0.1) is 6.61 Å². The van der Waals surface area contributed by atoms with Gasteiger partial charge in [0.25, 0.3) is 0 Å². The number of benzene rings is 1. The lowest BCUT2D eigenvalue weighted by molar-refractivity contribution is 0.185. The number of para-hydroxylation sites is 1. The molecule has 0 aliphatic heterocycles. The van der Waals surface area contributed by atoms with Crippen molar-refractivity contribution in [2.24, 2.45) is 0 Å². The summed E-state index contributed by atoms with van der Waals surface area (Å²) in [5.41, 5.74) is 2.22. The Morgan fingerprint density at radius 3 is 2.90 bits per heavy atom. The van der Waals surface area contributed by atoms with Gasteiger partial charge in [-0.2, -0.15) is 0 Å². The Hall–Kier alpha value is -1.81. The molecule has 1 N–H and O–H groups in total. The van der Waals surface area contributed by atoms with Crippen LogP contribution >= 0.6 is 0 Å². The van der Waals surface area contributed by atoms with Crippen LogP contribution in [0.4, 0.5) is 11.6 Å². The van der Waals surface area contributed by atoms with Crippen LogP contribution < -0.4 is 5.32 Å². The van der Waals surface area contributed by atoms with Crippen LogP contribution in [-0.2, 0) is 11.3 Å². The van der Waals surface area contributed by atoms with Gasteiger partial charge in [-0.1, -0.05) is 31.0 Å². The number of rotatable bonds is 5. The van der Waals surface area contributed by atoms with Gasteiger partial charge in [0.2, 0.25) is 5.95 Å². The smallest absolute Gasteiger partial charge is 0.207 e. The van der Waals surface area contributed by atoms with E-state index in [4.69, 9.17) is 4.74 Å². The summed E-state index contributed by atoms with van der Waals surface area (Å²) in [5.74, 6) is 0.931. The van der Waals surface area contributed by atoms with E-state index in [-0.39, 0.29) is 0 Å². The fourth-order valence-corrected chi connectivity index (χ4v) is 2.93. The van der Waals surface area contributed by atoms with Crippen molar-refractivity contribution in [2.45, 2.75) is 38.3 Å². The van der Waals surface area contributed by atoms with E-state index in [9.17, 15) is 0 Å². The molecule has 0 bridgehead atoms. The summed E-state index contributed by atoms with van der Waals surface area (Å²) < 4.78 is 7.52.